The van der Waals surface area contributed by atoms with Crippen LogP contribution in [0.5, 0.6) is 0 Å². The fourth-order valence-corrected chi connectivity index (χ4v) is 3.13. The second kappa shape index (κ2) is 8.37. The van der Waals surface area contributed by atoms with Gasteiger partial charge in [-0.2, -0.15) is 0 Å². The third-order valence-electron chi connectivity index (χ3n) is 4.56. The Hall–Kier alpha value is -3.31. The maximum Gasteiger partial charge on any atom is 0.258 e. The average molecular weight is 404 g/mol. The molecule has 1 amide bonds. The molecule has 0 aliphatic carbocycles. The van der Waals surface area contributed by atoms with Gasteiger partial charge in [0.15, 0.2) is 5.65 Å². The van der Waals surface area contributed by atoms with Crippen LogP contribution in [0.15, 0.2) is 55.0 Å². The van der Waals surface area contributed by atoms with Gasteiger partial charge in [0.1, 0.15) is 5.82 Å². The Morgan fingerprint density at radius 3 is 2.72 bits per heavy atom. The van der Waals surface area contributed by atoms with E-state index in [1.54, 1.807) is 24.7 Å². The van der Waals surface area contributed by atoms with E-state index in [1.807, 2.05) is 37.3 Å². The van der Waals surface area contributed by atoms with E-state index in [4.69, 9.17) is 0 Å². The molecule has 4 rings (SSSR count). The van der Waals surface area contributed by atoms with E-state index in [0.717, 1.165) is 29.5 Å². The van der Waals surface area contributed by atoms with E-state index < -0.39 is 0 Å². The Labute approximate surface area is 170 Å². The van der Waals surface area contributed by atoms with Crippen molar-refractivity contribution in [3.63, 3.8) is 0 Å². The number of carbonyl (C=O) groups excluding carboxylic acids is 1. The molecule has 1 atom stereocenters. The summed E-state index contributed by atoms with van der Waals surface area (Å²) in [5.41, 5.74) is 5.18. The molecule has 0 aliphatic heterocycles. The zero-order valence-electron chi connectivity index (χ0n) is 15.9. The van der Waals surface area contributed by atoms with Crippen LogP contribution in [0.2, 0.25) is 0 Å². The zero-order chi connectivity index (χ0) is 20.2. The summed E-state index contributed by atoms with van der Waals surface area (Å²) in [5.74, 6) is 0.434. The van der Waals surface area contributed by atoms with E-state index >= 15 is 0 Å². The Kier molecular flexibility index (Phi) is 5.49. The van der Waals surface area contributed by atoms with Crippen LogP contribution in [0.1, 0.15) is 15.9 Å². The van der Waals surface area contributed by atoms with E-state index in [9.17, 15) is 4.79 Å². The molecule has 1 aromatic carbocycles. The van der Waals surface area contributed by atoms with E-state index in [2.05, 4.69) is 39.8 Å². The van der Waals surface area contributed by atoms with Crippen molar-refractivity contribution in [1.82, 2.24) is 19.9 Å². The molecular weight excluding hydrogens is 383 g/mol. The molecule has 3 aromatic heterocycles. The topological polar surface area (TPSA) is 95.6 Å². The van der Waals surface area contributed by atoms with Gasteiger partial charge in [-0.25, -0.2) is 9.97 Å². The van der Waals surface area contributed by atoms with Gasteiger partial charge in [-0.3, -0.25) is 9.78 Å². The average Bonchev–Trinajstić information content (AvgIpc) is 3.18. The molecule has 3 heterocycles. The molecule has 8 heteroatoms. The zero-order valence-corrected chi connectivity index (χ0v) is 17.1. The summed E-state index contributed by atoms with van der Waals surface area (Å²) in [6.45, 7) is 2.82. The highest BCUT2D eigenvalue weighted by atomic mass is 31.0. The third-order valence-corrected chi connectivity index (χ3v) is 4.84. The molecule has 0 radical (unpaired) electrons. The molecular formula is C21H21N6OP. The predicted octanol–water partition coefficient (Wildman–Crippen LogP) is 3.87. The molecule has 1 unspecified atom stereocenters. The van der Waals surface area contributed by atoms with Crippen LogP contribution < -0.4 is 10.6 Å². The first-order valence-electron chi connectivity index (χ1n) is 9.27. The lowest BCUT2D eigenvalue weighted by atomic mass is 10.2. The monoisotopic (exact) mass is 404 g/mol. The highest BCUT2D eigenvalue weighted by molar-refractivity contribution is 7.16. The first kappa shape index (κ1) is 19.0. The van der Waals surface area contributed by atoms with Gasteiger partial charge in [0.05, 0.1) is 23.0 Å². The van der Waals surface area contributed by atoms with E-state index in [1.165, 1.54) is 0 Å². The molecule has 0 fully saturated rings. The number of nitrogens with zero attached hydrogens (tertiary/aromatic N) is 3. The number of aromatic amines is 1. The summed E-state index contributed by atoms with van der Waals surface area (Å²) in [7, 11) is 2.70. The second-order valence-electron chi connectivity index (χ2n) is 6.58. The first-order valence-corrected chi connectivity index (χ1v) is 10.1. The molecule has 146 valence electrons. The fourth-order valence-electron chi connectivity index (χ4n) is 2.98. The number of rotatable bonds is 6. The van der Waals surface area contributed by atoms with Crippen molar-refractivity contribution in [3.8, 4) is 11.4 Å². The lowest BCUT2D eigenvalue weighted by Gasteiger charge is -2.07. The minimum atomic E-state index is -0.235. The summed E-state index contributed by atoms with van der Waals surface area (Å²) in [6.07, 6.45) is 5.91. The summed E-state index contributed by atoms with van der Waals surface area (Å²) >= 11 is 0. The molecule has 0 aliphatic rings. The largest absolute Gasteiger partial charge is 0.385 e. The van der Waals surface area contributed by atoms with Gasteiger partial charge >= 0.3 is 0 Å². The maximum atomic E-state index is 12.8. The van der Waals surface area contributed by atoms with Gasteiger partial charge in [-0.1, -0.05) is 0 Å². The van der Waals surface area contributed by atoms with Crippen molar-refractivity contribution < 1.29 is 4.79 Å². The molecule has 7 nitrogen and oxygen atoms in total. The van der Waals surface area contributed by atoms with Gasteiger partial charge in [0.25, 0.3) is 5.91 Å². The summed E-state index contributed by atoms with van der Waals surface area (Å²) < 4.78 is 0. The fraction of sp³-hybridized carbons (Fsp3) is 0.143. The summed E-state index contributed by atoms with van der Waals surface area (Å²) in [4.78, 5) is 29.0. The van der Waals surface area contributed by atoms with Crippen LogP contribution in [0.4, 0.5) is 11.4 Å². The van der Waals surface area contributed by atoms with Crippen LogP contribution in [-0.2, 0) is 0 Å². The number of amides is 1. The lowest BCUT2D eigenvalue weighted by Crippen LogP contribution is -2.13. The van der Waals surface area contributed by atoms with Crippen LogP contribution >= 0.6 is 9.24 Å². The lowest BCUT2D eigenvalue weighted by molar-refractivity contribution is 0.102. The number of aryl methyl sites for hydroxylation is 1. The van der Waals surface area contributed by atoms with Crippen molar-refractivity contribution in [2.75, 3.05) is 23.3 Å². The molecule has 0 spiro atoms. The predicted molar refractivity (Wildman–Crippen MR) is 119 cm³/mol. The number of H-pyrrole nitrogens is 1. The number of pyridine rings is 2. The van der Waals surface area contributed by atoms with E-state index in [0.29, 0.717) is 28.2 Å². The molecule has 0 saturated heterocycles. The van der Waals surface area contributed by atoms with Crippen molar-refractivity contribution >= 4 is 37.7 Å². The number of carbonyl (C=O) groups is 1. The molecule has 29 heavy (non-hydrogen) atoms. The van der Waals surface area contributed by atoms with Gasteiger partial charge in [0.2, 0.25) is 0 Å². The minimum Gasteiger partial charge on any atom is -0.385 e. The SMILES string of the molecule is Cc1ccncc1NC(=O)c1ccnc2nc(-c3ccc(NCCP)cc3)[nH]c12. The number of benzene rings is 1. The van der Waals surface area contributed by atoms with Crippen molar-refractivity contribution in [2.45, 2.75) is 6.92 Å². The summed E-state index contributed by atoms with van der Waals surface area (Å²) in [5, 5.41) is 6.24. The quantitative estimate of drug-likeness (QED) is 0.424. The maximum absolute atomic E-state index is 12.8. The van der Waals surface area contributed by atoms with Crippen LogP contribution in [0.3, 0.4) is 0 Å². The van der Waals surface area contributed by atoms with Crippen LogP contribution in [0, 0.1) is 6.92 Å². The Morgan fingerprint density at radius 2 is 1.97 bits per heavy atom. The van der Waals surface area contributed by atoms with Gasteiger partial charge in [-0.05, 0) is 55.0 Å². The number of hydrogen-bond donors (Lipinski definition) is 3. The summed E-state index contributed by atoms with van der Waals surface area (Å²) in [6, 6.07) is 11.5. The van der Waals surface area contributed by atoms with Crippen LogP contribution in [0.25, 0.3) is 22.6 Å². The van der Waals surface area contributed by atoms with Crippen molar-refractivity contribution in [2.24, 2.45) is 0 Å². The standard InChI is InChI=1S/C21H21N6OP/c1-13-6-8-22-12-17(13)25-21(28)16-7-9-24-20-18(16)26-19(27-20)14-2-4-15(5-3-14)23-10-11-29/h2-9,12,23H,10-11,29H2,1H3,(H,25,28)(H,24,26,27). The number of anilines is 2. The number of imidazole rings is 1. The second-order valence-corrected chi connectivity index (χ2v) is 7.16. The van der Waals surface area contributed by atoms with E-state index in [-0.39, 0.29) is 5.91 Å². The number of nitrogens with one attached hydrogen (secondary N) is 3. The Bertz CT molecular complexity index is 1160. The number of fused-ring (bicyclic) bond motifs is 1. The Balaban J connectivity index is 1.63. The van der Waals surface area contributed by atoms with Crippen molar-refractivity contribution in [3.05, 3.63) is 66.1 Å². The Morgan fingerprint density at radius 1 is 1.14 bits per heavy atom. The molecule has 0 bridgehead atoms. The van der Waals surface area contributed by atoms with Crippen molar-refractivity contribution in [1.29, 1.82) is 0 Å². The van der Waals surface area contributed by atoms with Gasteiger partial charge in [0, 0.05) is 30.2 Å². The normalized spacial score (nSPS) is 10.8. The number of hydrogen-bond acceptors (Lipinski definition) is 5. The smallest absolute Gasteiger partial charge is 0.258 e. The first-order chi connectivity index (χ1) is 14.2. The number of aromatic nitrogens is 4. The molecule has 4 aromatic rings. The highest BCUT2D eigenvalue weighted by Gasteiger charge is 2.16. The molecule has 3 N–H and O–H groups in total. The highest BCUT2D eigenvalue weighted by Crippen LogP contribution is 2.24. The van der Waals surface area contributed by atoms with Gasteiger partial charge < -0.3 is 15.6 Å². The molecule has 0 saturated carbocycles. The van der Waals surface area contributed by atoms with Gasteiger partial charge in [-0.15, -0.1) is 9.24 Å². The minimum absolute atomic E-state index is 0.235. The van der Waals surface area contributed by atoms with Crippen LogP contribution in [-0.4, -0.2) is 38.5 Å². The third kappa shape index (κ3) is 4.10.